The normalized spacial score (nSPS) is 10.8. The van der Waals surface area contributed by atoms with E-state index in [1.165, 1.54) is 37.1 Å². The highest BCUT2D eigenvalue weighted by Crippen LogP contribution is 2.29. The monoisotopic (exact) mass is 660 g/mol. The average Bonchev–Trinajstić information content (AvgIpc) is 2.88. The molecule has 0 spiro atoms. The van der Waals surface area contributed by atoms with E-state index in [9.17, 15) is 16.8 Å². The summed E-state index contributed by atoms with van der Waals surface area (Å²) in [5.74, 6) is 0.486. The Bertz CT molecular complexity index is 1660. The summed E-state index contributed by atoms with van der Waals surface area (Å²) in [5.41, 5.74) is 7.70. The third-order valence-corrected chi connectivity index (χ3v) is 8.01. The number of nitrogens with two attached hydrogens (primary N) is 1. The quantitative estimate of drug-likeness (QED) is 0.218. The summed E-state index contributed by atoms with van der Waals surface area (Å²) in [5, 5.41) is 4.06. The number of benzene rings is 2. The van der Waals surface area contributed by atoms with E-state index in [1.807, 2.05) is 0 Å². The van der Waals surface area contributed by atoms with Crippen LogP contribution in [0.1, 0.15) is 0 Å². The van der Waals surface area contributed by atoms with E-state index in [0.717, 1.165) is 16.8 Å². The van der Waals surface area contributed by atoms with E-state index in [1.54, 1.807) is 54.6 Å². The molecule has 0 aliphatic rings. The lowest BCUT2D eigenvalue weighted by Crippen LogP contribution is -2.25. The minimum absolute atomic E-state index is 0.302. The fraction of sp³-hybridized carbons (Fsp3) is 0.167. The summed E-state index contributed by atoms with van der Waals surface area (Å²) >= 11 is 16.6. The Kier molecular flexibility index (Phi) is 12.3. The van der Waals surface area contributed by atoms with Crippen LogP contribution in [0.5, 0.6) is 0 Å². The van der Waals surface area contributed by atoms with Crippen LogP contribution in [0.3, 0.4) is 0 Å². The molecule has 3 N–H and O–H groups in total. The van der Waals surface area contributed by atoms with Crippen LogP contribution in [0.15, 0.2) is 73.3 Å². The molecule has 4 aromatic rings. The second-order valence-corrected chi connectivity index (χ2v) is 13.2. The van der Waals surface area contributed by atoms with Crippen molar-refractivity contribution in [3.63, 3.8) is 0 Å². The van der Waals surface area contributed by atoms with Crippen molar-refractivity contribution in [1.82, 2.24) is 19.9 Å². The molecule has 0 saturated carbocycles. The van der Waals surface area contributed by atoms with E-state index in [-0.39, 0.29) is 0 Å². The van der Waals surface area contributed by atoms with Gasteiger partial charge in [-0.2, -0.15) is 0 Å². The summed E-state index contributed by atoms with van der Waals surface area (Å²) in [7, 11) is -3.61. The number of halogens is 3. The molecule has 17 heteroatoms. The molecule has 2 aromatic carbocycles. The number of anilines is 5. The lowest BCUT2D eigenvalue weighted by molar-refractivity contribution is 0.598. The van der Waals surface area contributed by atoms with E-state index >= 15 is 0 Å². The number of hydrogen-bond donors (Lipinski definition) is 2. The third kappa shape index (κ3) is 11.2. The van der Waals surface area contributed by atoms with Gasteiger partial charge in [-0.15, -0.1) is 0 Å². The summed E-state index contributed by atoms with van der Waals surface area (Å²) in [4.78, 5) is 15.0. The summed E-state index contributed by atoms with van der Waals surface area (Å²) in [6, 6.07) is 16.9. The predicted octanol–water partition coefficient (Wildman–Crippen LogP) is 4.72. The van der Waals surface area contributed by atoms with Gasteiger partial charge >= 0.3 is 0 Å². The van der Waals surface area contributed by atoms with Crippen LogP contribution >= 0.6 is 34.8 Å². The zero-order valence-corrected chi connectivity index (χ0v) is 26.2. The van der Waals surface area contributed by atoms with Gasteiger partial charge in [0, 0.05) is 26.2 Å². The van der Waals surface area contributed by atoms with Crippen LogP contribution in [-0.4, -0.2) is 63.4 Å². The lowest BCUT2D eigenvalue weighted by atomic mass is 10.2. The first-order chi connectivity index (χ1) is 19.1. The number of hydrogen-bond acceptors (Lipinski definition) is 10. The molecular weight excluding hydrogens is 635 g/mol. The second-order valence-electron chi connectivity index (χ2n) is 8.05. The molecule has 0 radical (unpaired) electrons. The fourth-order valence-corrected chi connectivity index (χ4v) is 4.37. The van der Waals surface area contributed by atoms with Crippen molar-refractivity contribution in [3.8, 4) is 0 Å². The van der Waals surface area contributed by atoms with Gasteiger partial charge in [0.05, 0.1) is 35.3 Å². The van der Waals surface area contributed by atoms with Crippen LogP contribution < -0.4 is 19.7 Å². The van der Waals surface area contributed by atoms with Crippen LogP contribution in [-0.2, 0) is 20.0 Å². The Morgan fingerprint density at radius 2 is 1.12 bits per heavy atom. The van der Waals surface area contributed by atoms with Crippen LogP contribution in [0.25, 0.3) is 0 Å². The Morgan fingerprint density at radius 3 is 1.59 bits per heavy atom. The molecule has 0 fully saturated rings. The van der Waals surface area contributed by atoms with Gasteiger partial charge in [-0.05, 0) is 24.3 Å². The molecule has 0 unspecified atom stereocenters. The highest BCUT2D eigenvalue weighted by atomic mass is 35.5. The molecule has 0 atom stereocenters. The van der Waals surface area contributed by atoms with Crippen molar-refractivity contribution >= 4 is 83.4 Å². The van der Waals surface area contributed by atoms with Crippen LogP contribution in [0, 0.1) is 0 Å². The Labute approximate surface area is 254 Å². The number of aromatic nitrogens is 4. The van der Waals surface area contributed by atoms with Gasteiger partial charge in [-0.3, -0.25) is 8.61 Å². The number of sulfonamides is 2. The zero-order valence-electron chi connectivity index (χ0n) is 22.3. The minimum Gasteiger partial charge on any atom is -0.397 e. The molecule has 0 aliphatic carbocycles. The van der Waals surface area contributed by atoms with Crippen molar-refractivity contribution in [1.29, 1.82) is 0 Å². The van der Waals surface area contributed by atoms with E-state index in [4.69, 9.17) is 40.5 Å². The standard InChI is InChI=1S/C12H13ClN4O2S.C8H12N2O2S.C4H2Cl2N2/c1-17(20(2,18)19)10-6-4-3-5-9(10)16-12-7-11(13)14-8-15-12;1-10(13(2,11)12)8-6-4-3-5-7(8)9;5-3-1-4(6)8-2-7-3/h3-8H,1-2H3,(H,14,15,16);3-6H,9H2,1-2H3;1-2H. The Morgan fingerprint density at radius 1 is 0.683 bits per heavy atom. The van der Waals surface area contributed by atoms with Crippen molar-refractivity contribution in [2.75, 3.05) is 46.3 Å². The summed E-state index contributed by atoms with van der Waals surface area (Å²) in [6.45, 7) is 0. The van der Waals surface area contributed by atoms with E-state index < -0.39 is 20.0 Å². The van der Waals surface area contributed by atoms with E-state index in [0.29, 0.717) is 44.0 Å². The minimum atomic E-state index is -3.34. The first-order valence-corrected chi connectivity index (χ1v) is 16.1. The van der Waals surface area contributed by atoms with Gasteiger partial charge in [-0.1, -0.05) is 59.1 Å². The maximum atomic E-state index is 11.6. The second kappa shape index (κ2) is 15.0. The molecule has 0 bridgehead atoms. The van der Waals surface area contributed by atoms with Crippen molar-refractivity contribution in [2.24, 2.45) is 0 Å². The van der Waals surface area contributed by atoms with Crippen molar-refractivity contribution in [3.05, 3.63) is 88.8 Å². The number of rotatable bonds is 6. The first-order valence-electron chi connectivity index (χ1n) is 11.3. The molecule has 220 valence electrons. The van der Waals surface area contributed by atoms with Gasteiger partial charge in [0.25, 0.3) is 0 Å². The number of nitrogen functional groups attached to an aromatic ring is 1. The smallest absolute Gasteiger partial charge is 0.232 e. The molecule has 2 aromatic heterocycles. The lowest BCUT2D eigenvalue weighted by Gasteiger charge is -2.20. The van der Waals surface area contributed by atoms with Gasteiger partial charge in [0.1, 0.15) is 33.9 Å². The molecule has 41 heavy (non-hydrogen) atoms. The molecule has 0 saturated heterocycles. The first kappa shape index (κ1) is 33.8. The fourth-order valence-electron chi connectivity index (χ4n) is 2.84. The molecule has 12 nitrogen and oxygen atoms in total. The third-order valence-electron chi connectivity index (χ3n) is 5.01. The number of nitrogens with one attached hydrogen (secondary N) is 1. The Hall–Kier alpha value is -3.43. The molecule has 0 aliphatic heterocycles. The van der Waals surface area contributed by atoms with Gasteiger partial charge in [-0.25, -0.2) is 36.8 Å². The molecular formula is C24H27Cl3N8O4S2. The zero-order chi connectivity index (χ0) is 30.8. The molecule has 2 heterocycles. The SMILES string of the molecule is CN(c1ccccc1N)S(C)(=O)=O.CN(c1ccccc1Nc1cc(Cl)ncn1)S(C)(=O)=O.Clc1cc(Cl)ncn1. The van der Waals surface area contributed by atoms with Crippen LogP contribution in [0.2, 0.25) is 15.5 Å². The topological polar surface area (TPSA) is 164 Å². The number of nitrogens with zero attached hydrogens (tertiary/aromatic N) is 6. The van der Waals surface area contributed by atoms with Gasteiger partial charge < -0.3 is 11.1 Å². The van der Waals surface area contributed by atoms with Crippen LogP contribution in [0.4, 0.5) is 28.6 Å². The average molecular weight is 662 g/mol. The maximum Gasteiger partial charge on any atom is 0.232 e. The van der Waals surface area contributed by atoms with Gasteiger partial charge in [0.2, 0.25) is 20.0 Å². The molecule has 0 amide bonds. The highest BCUT2D eigenvalue weighted by Gasteiger charge is 2.16. The number of para-hydroxylation sites is 4. The van der Waals surface area contributed by atoms with E-state index in [2.05, 4.69) is 25.3 Å². The summed E-state index contributed by atoms with van der Waals surface area (Å²) < 4.78 is 47.9. The van der Waals surface area contributed by atoms with Crippen molar-refractivity contribution in [2.45, 2.75) is 0 Å². The largest absolute Gasteiger partial charge is 0.397 e. The maximum absolute atomic E-state index is 11.6. The Balaban J connectivity index is 0.000000239. The predicted molar refractivity (Wildman–Crippen MR) is 166 cm³/mol. The van der Waals surface area contributed by atoms with Gasteiger partial charge in [0.15, 0.2) is 0 Å². The summed E-state index contributed by atoms with van der Waals surface area (Å²) in [6.07, 6.45) is 4.92. The van der Waals surface area contributed by atoms with Crippen molar-refractivity contribution < 1.29 is 16.8 Å². The molecule has 4 rings (SSSR count). The highest BCUT2D eigenvalue weighted by molar-refractivity contribution is 7.92.